The highest BCUT2D eigenvalue weighted by Crippen LogP contribution is 2.18. The molecule has 5 heteroatoms. The lowest BCUT2D eigenvalue weighted by molar-refractivity contribution is 0.454. The van der Waals surface area contributed by atoms with E-state index in [-0.39, 0.29) is 23.8 Å². The first-order chi connectivity index (χ1) is 8.23. The van der Waals surface area contributed by atoms with Crippen molar-refractivity contribution in [2.45, 2.75) is 26.8 Å². The van der Waals surface area contributed by atoms with Crippen molar-refractivity contribution >= 4 is 10.0 Å². The summed E-state index contributed by atoms with van der Waals surface area (Å²) >= 11 is 0. The van der Waals surface area contributed by atoms with Crippen LogP contribution >= 0.6 is 0 Å². The maximum atomic E-state index is 12.0. The van der Waals surface area contributed by atoms with Gasteiger partial charge in [0.15, 0.2) is 0 Å². The molecule has 0 spiro atoms. The molecule has 1 aromatic carbocycles. The van der Waals surface area contributed by atoms with Crippen molar-refractivity contribution in [3.05, 3.63) is 35.9 Å². The standard InChI is InChI=1S/C13H22N2O2S/c1-13(2,3)10-18(16,17)15-12(9-14)11-7-5-4-6-8-11/h4-8,12,15H,9-10,14H2,1-3H3. The minimum Gasteiger partial charge on any atom is -0.329 e. The van der Waals surface area contributed by atoms with E-state index in [4.69, 9.17) is 5.73 Å². The monoisotopic (exact) mass is 270 g/mol. The van der Waals surface area contributed by atoms with Gasteiger partial charge in [0.1, 0.15) is 0 Å². The SMILES string of the molecule is CC(C)(C)CS(=O)(=O)NC(CN)c1ccccc1. The van der Waals surface area contributed by atoms with Crippen molar-refractivity contribution in [1.29, 1.82) is 0 Å². The van der Waals surface area contributed by atoms with E-state index >= 15 is 0 Å². The van der Waals surface area contributed by atoms with Crippen molar-refractivity contribution in [3.63, 3.8) is 0 Å². The molecule has 0 aliphatic carbocycles. The topological polar surface area (TPSA) is 72.2 Å². The van der Waals surface area contributed by atoms with Crippen LogP contribution in [0.25, 0.3) is 0 Å². The zero-order chi connectivity index (χ0) is 13.8. The molecule has 0 fully saturated rings. The Morgan fingerprint density at radius 3 is 2.22 bits per heavy atom. The molecule has 1 unspecified atom stereocenters. The van der Waals surface area contributed by atoms with E-state index in [1.165, 1.54) is 0 Å². The predicted molar refractivity (Wildman–Crippen MR) is 74.6 cm³/mol. The molecule has 3 N–H and O–H groups in total. The van der Waals surface area contributed by atoms with Crippen LogP contribution in [0.2, 0.25) is 0 Å². The van der Waals surface area contributed by atoms with Crippen molar-refractivity contribution in [1.82, 2.24) is 4.72 Å². The van der Waals surface area contributed by atoms with Gasteiger partial charge >= 0.3 is 0 Å². The lowest BCUT2D eigenvalue weighted by Gasteiger charge is -2.22. The van der Waals surface area contributed by atoms with E-state index in [1.54, 1.807) is 0 Å². The molecular formula is C13H22N2O2S. The van der Waals surface area contributed by atoms with Gasteiger partial charge in [-0.15, -0.1) is 0 Å². The van der Waals surface area contributed by atoms with E-state index in [0.717, 1.165) is 5.56 Å². The molecule has 0 saturated carbocycles. The molecule has 0 heterocycles. The lowest BCUT2D eigenvalue weighted by atomic mass is 10.0. The molecule has 1 aromatic rings. The third-order valence-corrected chi connectivity index (χ3v) is 4.27. The Balaban J connectivity index is 2.82. The van der Waals surface area contributed by atoms with Gasteiger partial charge in [-0.25, -0.2) is 13.1 Å². The van der Waals surface area contributed by atoms with Crippen molar-refractivity contribution < 1.29 is 8.42 Å². The van der Waals surface area contributed by atoms with Crippen molar-refractivity contribution in [2.24, 2.45) is 11.1 Å². The van der Waals surface area contributed by atoms with Crippen LogP contribution < -0.4 is 10.5 Å². The fourth-order valence-electron chi connectivity index (χ4n) is 1.77. The van der Waals surface area contributed by atoms with Gasteiger partial charge in [0, 0.05) is 6.54 Å². The average molecular weight is 270 g/mol. The molecule has 0 radical (unpaired) electrons. The Hall–Kier alpha value is -0.910. The predicted octanol–water partition coefficient (Wildman–Crippen LogP) is 1.65. The molecule has 18 heavy (non-hydrogen) atoms. The van der Waals surface area contributed by atoms with Crippen LogP contribution in [0.15, 0.2) is 30.3 Å². The fraction of sp³-hybridized carbons (Fsp3) is 0.538. The summed E-state index contributed by atoms with van der Waals surface area (Å²) in [6, 6.07) is 9.01. The number of benzene rings is 1. The van der Waals surface area contributed by atoms with Crippen LogP contribution in [0.3, 0.4) is 0 Å². The van der Waals surface area contributed by atoms with Crippen LogP contribution in [0, 0.1) is 5.41 Å². The average Bonchev–Trinajstić information content (AvgIpc) is 2.24. The fourth-order valence-corrected chi connectivity index (χ4v) is 3.66. The third kappa shape index (κ3) is 5.16. The summed E-state index contributed by atoms with van der Waals surface area (Å²) in [7, 11) is -3.33. The number of hydrogen-bond donors (Lipinski definition) is 2. The summed E-state index contributed by atoms with van der Waals surface area (Å²) in [5, 5.41) is 0. The van der Waals surface area contributed by atoms with Gasteiger partial charge in [-0.05, 0) is 11.0 Å². The van der Waals surface area contributed by atoms with Gasteiger partial charge in [0.05, 0.1) is 11.8 Å². The second-order valence-corrected chi connectivity index (χ2v) is 7.39. The Morgan fingerprint density at radius 1 is 1.22 bits per heavy atom. The molecule has 0 aromatic heterocycles. The highest BCUT2D eigenvalue weighted by atomic mass is 32.2. The Labute approximate surface area is 110 Å². The van der Waals surface area contributed by atoms with Crippen molar-refractivity contribution in [2.75, 3.05) is 12.3 Å². The molecule has 102 valence electrons. The van der Waals surface area contributed by atoms with Crippen LogP contribution in [-0.2, 0) is 10.0 Å². The first-order valence-corrected chi connectivity index (χ1v) is 7.64. The zero-order valence-electron chi connectivity index (χ0n) is 11.2. The minimum atomic E-state index is -3.33. The molecular weight excluding hydrogens is 248 g/mol. The van der Waals surface area contributed by atoms with Crippen molar-refractivity contribution in [3.8, 4) is 0 Å². The summed E-state index contributed by atoms with van der Waals surface area (Å²) in [5.74, 6) is 0.0866. The number of sulfonamides is 1. The largest absolute Gasteiger partial charge is 0.329 e. The molecule has 0 bridgehead atoms. The molecule has 1 atom stereocenters. The van der Waals surface area contributed by atoms with Gasteiger partial charge < -0.3 is 5.73 Å². The van der Waals surface area contributed by atoms with E-state index in [9.17, 15) is 8.42 Å². The van der Waals surface area contributed by atoms with Crippen LogP contribution in [0.5, 0.6) is 0 Å². The quantitative estimate of drug-likeness (QED) is 0.854. The minimum absolute atomic E-state index is 0.0866. The summed E-state index contributed by atoms with van der Waals surface area (Å²) in [6.45, 7) is 5.93. The number of nitrogens with one attached hydrogen (secondary N) is 1. The van der Waals surface area contributed by atoms with Gasteiger partial charge in [0.25, 0.3) is 0 Å². The van der Waals surface area contributed by atoms with Gasteiger partial charge in [0.2, 0.25) is 10.0 Å². The maximum absolute atomic E-state index is 12.0. The number of hydrogen-bond acceptors (Lipinski definition) is 3. The lowest BCUT2D eigenvalue weighted by Crippen LogP contribution is -2.38. The second kappa shape index (κ2) is 5.82. The van der Waals surface area contributed by atoms with Gasteiger partial charge in [-0.2, -0.15) is 0 Å². The Kier molecular flexibility index (Phi) is 4.90. The van der Waals surface area contributed by atoms with Gasteiger partial charge in [-0.3, -0.25) is 0 Å². The summed E-state index contributed by atoms with van der Waals surface area (Å²) < 4.78 is 26.7. The normalized spacial score (nSPS) is 14.4. The zero-order valence-corrected chi connectivity index (χ0v) is 12.0. The van der Waals surface area contributed by atoms with E-state index < -0.39 is 10.0 Å². The smallest absolute Gasteiger partial charge is 0.212 e. The first-order valence-electron chi connectivity index (χ1n) is 5.98. The third-order valence-electron chi connectivity index (χ3n) is 2.38. The van der Waals surface area contributed by atoms with E-state index in [2.05, 4.69) is 4.72 Å². The second-order valence-electron chi connectivity index (χ2n) is 5.64. The Bertz CT molecular complexity index is 464. The summed E-state index contributed by atoms with van der Waals surface area (Å²) in [5.41, 5.74) is 6.26. The molecule has 0 aliphatic rings. The van der Waals surface area contributed by atoms with Crippen LogP contribution in [0.4, 0.5) is 0 Å². The highest BCUT2D eigenvalue weighted by Gasteiger charge is 2.24. The van der Waals surface area contributed by atoms with Crippen LogP contribution in [0.1, 0.15) is 32.4 Å². The summed E-state index contributed by atoms with van der Waals surface area (Å²) in [6.07, 6.45) is 0. The molecule has 1 rings (SSSR count). The molecule has 0 amide bonds. The number of nitrogens with two attached hydrogens (primary N) is 1. The van der Waals surface area contributed by atoms with E-state index in [0.29, 0.717) is 0 Å². The maximum Gasteiger partial charge on any atom is 0.212 e. The molecule has 0 saturated heterocycles. The Morgan fingerprint density at radius 2 is 1.78 bits per heavy atom. The van der Waals surface area contributed by atoms with Gasteiger partial charge in [-0.1, -0.05) is 51.1 Å². The van der Waals surface area contributed by atoms with E-state index in [1.807, 2.05) is 51.1 Å². The highest BCUT2D eigenvalue weighted by molar-refractivity contribution is 7.89. The first kappa shape index (κ1) is 15.1. The van der Waals surface area contributed by atoms with Crippen LogP contribution in [-0.4, -0.2) is 20.7 Å². The molecule has 4 nitrogen and oxygen atoms in total. The summed E-state index contributed by atoms with van der Waals surface area (Å²) in [4.78, 5) is 0. The molecule has 0 aliphatic heterocycles. The number of rotatable bonds is 5.